The normalized spacial score (nSPS) is 10.2. The van der Waals surface area contributed by atoms with E-state index in [9.17, 15) is 9.18 Å². The molecule has 110 valence electrons. The molecule has 0 saturated carbocycles. The highest BCUT2D eigenvalue weighted by atomic mass is 35.5. The number of benzene rings is 2. The Labute approximate surface area is 126 Å². The van der Waals surface area contributed by atoms with E-state index in [1.807, 2.05) is 0 Å². The Morgan fingerprint density at radius 1 is 1.24 bits per heavy atom. The lowest BCUT2D eigenvalue weighted by atomic mass is 10.2. The Morgan fingerprint density at radius 3 is 2.57 bits per heavy atom. The second-order valence-corrected chi connectivity index (χ2v) is 4.61. The van der Waals surface area contributed by atoms with Crippen molar-refractivity contribution in [3.63, 3.8) is 0 Å². The molecule has 1 amide bonds. The number of anilines is 1. The van der Waals surface area contributed by atoms with E-state index in [1.54, 1.807) is 24.3 Å². The number of aliphatic hydroxyl groups excluding tert-OH is 1. The second-order valence-electron chi connectivity index (χ2n) is 4.17. The van der Waals surface area contributed by atoms with E-state index in [4.69, 9.17) is 21.4 Å². The Kier molecular flexibility index (Phi) is 5.14. The van der Waals surface area contributed by atoms with Crippen LogP contribution in [-0.4, -0.2) is 24.2 Å². The van der Waals surface area contributed by atoms with Gasteiger partial charge < -0.3 is 15.2 Å². The van der Waals surface area contributed by atoms with Crippen LogP contribution in [0.25, 0.3) is 0 Å². The van der Waals surface area contributed by atoms with Gasteiger partial charge in [-0.25, -0.2) is 4.39 Å². The van der Waals surface area contributed by atoms with Gasteiger partial charge in [0.1, 0.15) is 18.2 Å². The molecular weight excluding hydrogens is 297 g/mol. The van der Waals surface area contributed by atoms with Crippen LogP contribution in [-0.2, 0) is 0 Å². The van der Waals surface area contributed by atoms with Crippen LogP contribution in [0.5, 0.6) is 5.75 Å². The summed E-state index contributed by atoms with van der Waals surface area (Å²) < 4.78 is 18.8. The van der Waals surface area contributed by atoms with E-state index in [2.05, 4.69) is 5.32 Å². The zero-order valence-electron chi connectivity index (χ0n) is 11.0. The number of rotatable bonds is 5. The molecule has 2 rings (SSSR count). The molecule has 0 heterocycles. The van der Waals surface area contributed by atoms with Crippen LogP contribution in [0.1, 0.15) is 10.4 Å². The van der Waals surface area contributed by atoms with E-state index in [1.165, 1.54) is 12.1 Å². The third kappa shape index (κ3) is 4.18. The summed E-state index contributed by atoms with van der Waals surface area (Å²) in [6, 6.07) is 10.4. The van der Waals surface area contributed by atoms with Crippen molar-refractivity contribution in [2.75, 3.05) is 18.5 Å². The van der Waals surface area contributed by atoms with Crippen LogP contribution in [0, 0.1) is 5.82 Å². The monoisotopic (exact) mass is 309 g/mol. The third-order valence-electron chi connectivity index (χ3n) is 2.65. The van der Waals surface area contributed by atoms with Crippen LogP contribution >= 0.6 is 11.6 Å². The fourth-order valence-electron chi connectivity index (χ4n) is 1.67. The zero-order chi connectivity index (χ0) is 15.2. The average Bonchev–Trinajstić information content (AvgIpc) is 2.46. The van der Waals surface area contributed by atoms with Gasteiger partial charge in [-0.15, -0.1) is 0 Å². The molecule has 4 nitrogen and oxygen atoms in total. The number of carbonyl (C=O) groups is 1. The molecule has 21 heavy (non-hydrogen) atoms. The van der Waals surface area contributed by atoms with Gasteiger partial charge in [-0.1, -0.05) is 11.6 Å². The lowest BCUT2D eigenvalue weighted by molar-refractivity contribution is 0.102. The number of amides is 1. The maximum absolute atomic E-state index is 13.6. The molecule has 0 spiro atoms. The molecular formula is C15H13ClFNO3. The summed E-state index contributed by atoms with van der Waals surface area (Å²) in [4.78, 5) is 11.9. The van der Waals surface area contributed by atoms with Crippen molar-refractivity contribution < 1.29 is 19.0 Å². The molecule has 0 saturated heterocycles. The summed E-state index contributed by atoms with van der Waals surface area (Å²) in [5.41, 5.74) is 0.422. The van der Waals surface area contributed by atoms with Crippen LogP contribution in [0.15, 0.2) is 42.5 Å². The van der Waals surface area contributed by atoms with E-state index in [-0.39, 0.29) is 23.8 Å². The quantitative estimate of drug-likeness (QED) is 0.892. The molecule has 0 aliphatic rings. The standard InChI is InChI=1S/C15H13ClFNO3/c16-10-1-6-13(14(17)9-10)15(20)18-11-2-4-12(5-3-11)21-8-7-19/h1-6,9,19H,7-8H2,(H,18,20). The Bertz CT molecular complexity index is 631. The van der Waals surface area contributed by atoms with Crippen LogP contribution < -0.4 is 10.1 Å². The van der Waals surface area contributed by atoms with Gasteiger partial charge in [-0.05, 0) is 42.5 Å². The molecule has 0 radical (unpaired) electrons. The number of hydrogen-bond donors (Lipinski definition) is 2. The fourth-order valence-corrected chi connectivity index (χ4v) is 1.83. The highest BCUT2D eigenvalue weighted by molar-refractivity contribution is 6.30. The molecule has 0 bridgehead atoms. The molecule has 2 aromatic rings. The molecule has 0 fully saturated rings. The summed E-state index contributed by atoms with van der Waals surface area (Å²) in [6.07, 6.45) is 0. The molecule has 2 N–H and O–H groups in total. The van der Waals surface area contributed by atoms with Gasteiger partial charge in [-0.2, -0.15) is 0 Å². The highest BCUT2D eigenvalue weighted by Gasteiger charge is 2.12. The third-order valence-corrected chi connectivity index (χ3v) is 2.88. The molecule has 0 aliphatic carbocycles. The van der Waals surface area contributed by atoms with Crippen LogP contribution in [0.4, 0.5) is 10.1 Å². The first-order valence-corrected chi connectivity index (χ1v) is 6.58. The van der Waals surface area contributed by atoms with E-state index < -0.39 is 11.7 Å². The van der Waals surface area contributed by atoms with Crippen molar-refractivity contribution >= 4 is 23.2 Å². The van der Waals surface area contributed by atoms with Crippen molar-refractivity contribution in [3.05, 3.63) is 58.9 Å². The first kappa shape index (κ1) is 15.3. The fraction of sp³-hybridized carbons (Fsp3) is 0.133. The first-order valence-electron chi connectivity index (χ1n) is 6.20. The average molecular weight is 310 g/mol. The highest BCUT2D eigenvalue weighted by Crippen LogP contribution is 2.18. The Balaban J connectivity index is 2.05. The predicted octanol–water partition coefficient (Wildman–Crippen LogP) is 3.10. The Morgan fingerprint density at radius 2 is 1.95 bits per heavy atom. The Hall–Kier alpha value is -2.11. The van der Waals surface area contributed by atoms with Crippen molar-refractivity contribution in [1.82, 2.24) is 0 Å². The SMILES string of the molecule is O=C(Nc1ccc(OCCO)cc1)c1ccc(Cl)cc1F. The second kappa shape index (κ2) is 7.06. The minimum Gasteiger partial charge on any atom is -0.491 e. The molecule has 0 unspecified atom stereocenters. The lowest BCUT2D eigenvalue weighted by Crippen LogP contribution is -2.13. The maximum Gasteiger partial charge on any atom is 0.258 e. The summed E-state index contributed by atoms with van der Waals surface area (Å²) in [7, 11) is 0. The van der Waals surface area contributed by atoms with E-state index >= 15 is 0 Å². The van der Waals surface area contributed by atoms with Gasteiger partial charge in [0, 0.05) is 10.7 Å². The minimum absolute atomic E-state index is 0.0751. The molecule has 0 aromatic heterocycles. The molecule has 0 atom stereocenters. The number of hydrogen-bond acceptors (Lipinski definition) is 3. The van der Waals surface area contributed by atoms with Gasteiger partial charge in [-0.3, -0.25) is 4.79 Å². The van der Waals surface area contributed by atoms with Gasteiger partial charge in [0.25, 0.3) is 5.91 Å². The number of aliphatic hydroxyl groups is 1. The zero-order valence-corrected chi connectivity index (χ0v) is 11.7. The van der Waals surface area contributed by atoms with Crippen LogP contribution in [0.3, 0.4) is 0 Å². The molecule has 2 aromatic carbocycles. The van der Waals surface area contributed by atoms with Crippen molar-refractivity contribution in [2.24, 2.45) is 0 Å². The number of nitrogens with one attached hydrogen (secondary N) is 1. The largest absolute Gasteiger partial charge is 0.491 e. The van der Waals surface area contributed by atoms with Crippen LogP contribution in [0.2, 0.25) is 5.02 Å². The van der Waals surface area contributed by atoms with Gasteiger partial charge in [0.05, 0.1) is 12.2 Å². The summed E-state index contributed by atoms with van der Waals surface area (Å²) in [5, 5.41) is 11.5. The molecule has 6 heteroatoms. The predicted molar refractivity (Wildman–Crippen MR) is 78.4 cm³/mol. The topological polar surface area (TPSA) is 58.6 Å². The minimum atomic E-state index is -0.678. The van der Waals surface area contributed by atoms with Crippen molar-refractivity contribution in [1.29, 1.82) is 0 Å². The summed E-state index contributed by atoms with van der Waals surface area (Å²) >= 11 is 5.64. The number of carbonyl (C=O) groups excluding carboxylic acids is 1. The molecule has 0 aliphatic heterocycles. The van der Waals surface area contributed by atoms with Gasteiger partial charge >= 0.3 is 0 Å². The number of ether oxygens (including phenoxy) is 1. The lowest BCUT2D eigenvalue weighted by Gasteiger charge is -2.08. The number of halogens is 2. The van der Waals surface area contributed by atoms with Gasteiger partial charge in [0.15, 0.2) is 0 Å². The van der Waals surface area contributed by atoms with Crippen molar-refractivity contribution in [2.45, 2.75) is 0 Å². The van der Waals surface area contributed by atoms with E-state index in [0.29, 0.717) is 11.4 Å². The van der Waals surface area contributed by atoms with Gasteiger partial charge in [0.2, 0.25) is 0 Å². The van der Waals surface area contributed by atoms with Crippen molar-refractivity contribution in [3.8, 4) is 5.75 Å². The maximum atomic E-state index is 13.6. The first-order chi connectivity index (χ1) is 10.1. The smallest absolute Gasteiger partial charge is 0.258 e. The summed E-state index contributed by atoms with van der Waals surface area (Å²) in [5.74, 6) is -0.671. The van der Waals surface area contributed by atoms with E-state index in [0.717, 1.165) is 6.07 Å². The summed E-state index contributed by atoms with van der Waals surface area (Å²) in [6.45, 7) is 0.121.